The highest BCUT2D eigenvalue weighted by molar-refractivity contribution is 6.30. The van der Waals surface area contributed by atoms with Crippen LogP contribution in [0.15, 0.2) is 42.5 Å². The van der Waals surface area contributed by atoms with Crippen molar-refractivity contribution in [2.24, 2.45) is 0 Å². The molecule has 22 heavy (non-hydrogen) atoms. The third kappa shape index (κ3) is 4.33. The van der Waals surface area contributed by atoms with Gasteiger partial charge in [-0.3, -0.25) is 4.79 Å². The molecule has 0 bridgehead atoms. The maximum absolute atomic E-state index is 12.0. The molecule has 2 aromatic rings. The molecule has 0 aliphatic rings. The molecule has 0 saturated heterocycles. The number of carbonyl (C=O) groups is 2. The lowest BCUT2D eigenvalue weighted by Crippen LogP contribution is -2.21. The highest BCUT2D eigenvalue weighted by atomic mass is 35.5. The van der Waals surface area contributed by atoms with Gasteiger partial charge in [0.15, 0.2) is 6.61 Å². The van der Waals surface area contributed by atoms with Crippen molar-refractivity contribution in [3.05, 3.63) is 64.2 Å². The van der Waals surface area contributed by atoms with Gasteiger partial charge in [-0.2, -0.15) is 0 Å². The Morgan fingerprint density at radius 3 is 2.59 bits per heavy atom. The van der Waals surface area contributed by atoms with Crippen LogP contribution in [0.5, 0.6) is 0 Å². The first kappa shape index (κ1) is 16.0. The van der Waals surface area contributed by atoms with Gasteiger partial charge in [0.25, 0.3) is 5.91 Å². The fourth-order valence-electron chi connectivity index (χ4n) is 2.01. The average molecular weight is 318 g/mol. The molecular weight excluding hydrogens is 302 g/mol. The van der Waals surface area contributed by atoms with E-state index in [0.717, 1.165) is 11.1 Å². The standard InChI is InChI=1S/C17H16ClNO3/c1-11-6-7-15(12(2)8-11)17(21)22-10-16(20)19-14-5-3-4-13(18)9-14/h3-9H,10H2,1-2H3,(H,19,20). The van der Waals surface area contributed by atoms with Gasteiger partial charge in [0.2, 0.25) is 0 Å². The number of aryl methyl sites for hydroxylation is 2. The van der Waals surface area contributed by atoms with E-state index in [1.807, 2.05) is 26.0 Å². The maximum atomic E-state index is 12.0. The van der Waals surface area contributed by atoms with Gasteiger partial charge in [0, 0.05) is 10.7 Å². The minimum atomic E-state index is -0.515. The lowest BCUT2D eigenvalue weighted by molar-refractivity contribution is -0.119. The molecule has 0 aliphatic heterocycles. The van der Waals surface area contributed by atoms with Crippen molar-refractivity contribution >= 4 is 29.2 Å². The van der Waals surface area contributed by atoms with E-state index < -0.39 is 11.9 Å². The van der Waals surface area contributed by atoms with Crippen molar-refractivity contribution in [2.75, 3.05) is 11.9 Å². The topological polar surface area (TPSA) is 55.4 Å². The van der Waals surface area contributed by atoms with E-state index in [1.165, 1.54) is 0 Å². The Morgan fingerprint density at radius 2 is 1.91 bits per heavy atom. The predicted octanol–water partition coefficient (Wildman–Crippen LogP) is 3.75. The van der Waals surface area contributed by atoms with Crippen molar-refractivity contribution in [3.63, 3.8) is 0 Å². The van der Waals surface area contributed by atoms with Crippen LogP contribution in [0.25, 0.3) is 0 Å². The summed E-state index contributed by atoms with van der Waals surface area (Å²) in [6.07, 6.45) is 0. The Kier molecular flexibility index (Phi) is 5.17. The number of hydrogen-bond donors (Lipinski definition) is 1. The summed E-state index contributed by atoms with van der Waals surface area (Å²) in [5.74, 6) is -0.931. The number of esters is 1. The number of amides is 1. The second-order valence-corrected chi connectivity index (χ2v) is 5.39. The quantitative estimate of drug-likeness (QED) is 0.874. The van der Waals surface area contributed by atoms with E-state index in [0.29, 0.717) is 16.3 Å². The zero-order valence-corrected chi connectivity index (χ0v) is 13.1. The van der Waals surface area contributed by atoms with Gasteiger partial charge >= 0.3 is 5.97 Å². The second kappa shape index (κ2) is 7.09. The molecule has 0 aliphatic carbocycles. The number of carbonyl (C=O) groups excluding carboxylic acids is 2. The number of anilines is 1. The summed E-state index contributed by atoms with van der Waals surface area (Å²) in [5, 5.41) is 3.13. The van der Waals surface area contributed by atoms with Crippen LogP contribution >= 0.6 is 11.6 Å². The molecule has 0 atom stereocenters. The third-order valence-corrected chi connectivity index (χ3v) is 3.28. The molecule has 2 rings (SSSR count). The number of nitrogens with one attached hydrogen (secondary N) is 1. The Labute approximate surface area is 134 Å². The maximum Gasteiger partial charge on any atom is 0.338 e. The fourth-order valence-corrected chi connectivity index (χ4v) is 2.21. The molecule has 0 spiro atoms. The Bertz CT molecular complexity index is 713. The predicted molar refractivity (Wildman–Crippen MR) is 86.3 cm³/mol. The van der Waals surface area contributed by atoms with Crippen molar-refractivity contribution in [3.8, 4) is 0 Å². The summed E-state index contributed by atoms with van der Waals surface area (Å²) in [6, 6.07) is 12.2. The van der Waals surface area contributed by atoms with Crippen LogP contribution in [-0.2, 0) is 9.53 Å². The van der Waals surface area contributed by atoms with E-state index in [4.69, 9.17) is 16.3 Å². The van der Waals surface area contributed by atoms with Gasteiger partial charge in [-0.05, 0) is 43.7 Å². The number of benzene rings is 2. The number of halogens is 1. The summed E-state index contributed by atoms with van der Waals surface area (Å²) < 4.78 is 5.03. The smallest absolute Gasteiger partial charge is 0.338 e. The van der Waals surface area contributed by atoms with Crippen LogP contribution in [-0.4, -0.2) is 18.5 Å². The van der Waals surface area contributed by atoms with Crippen LogP contribution < -0.4 is 5.32 Å². The summed E-state index contributed by atoms with van der Waals surface area (Å²) >= 11 is 5.83. The van der Waals surface area contributed by atoms with Crippen molar-refractivity contribution in [1.29, 1.82) is 0 Å². The van der Waals surface area contributed by atoms with Gasteiger partial charge in [0.1, 0.15) is 0 Å². The molecule has 0 heterocycles. The lowest BCUT2D eigenvalue weighted by Gasteiger charge is -2.08. The molecule has 4 nitrogen and oxygen atoms in total. The first-order valence-electron chi connectivity index (χ1n) is 6.75. The second-order valence-electron chi connectivity index (χ2n) is 4.95. The minimum absolute atomic E-state index is 0.349. The number of ether oxygens (including phenoxy) is 1. The molecular formula is C17H16ClNO3. The molecule has 0 fully saturated rings. The largest absolute Gasteiger partial charge is 0.452 e. The number of rotatable bonds is 4. The number of hydrogen-bond acceptors (Lipinski definition) is 3. The van der Waals surface area contributed by atoms with Crippen LogP contribution in [0, 0.1) is 13.8 Å². The molecule has 0 saturated carbocycles. The van der Waals surface area contributed by atoms with E-state index in [-0.39, 0.29) is 6.61 Å². The Balaban J connectivity index is 1.92. The molecule has 0 radical (unpaired) electrons. The normalized spacial score (nSPS) is 10.1. The highest BCUT2D eigenvalue weighted by Gasteiger charge is 2.12. The summed E-state index contributed by atoms with van der Waals surface area (Å²) in [7, 11) is 0. The summed E-state index contributed by atoms with van der Waals surface area (Å²) in [5.41, 5.74) is 2.90. The van der Waals surface area contributed by atoms with Crippen molar-refractivity contribution < 1.29 is 14.3 Å². The Morgan fingerprint density at radius 1 is 1.14 bits per heavy atom. The first-order valence-corrected chi connectivity index (χ1v) is 7.13. The van der Waals surface area contributed by atoms with Gasteiger partial charge in [-0.1, -0.05) is 35.4 Å². The monoisotopic (exact) mass is 317 g/mol. The molecule has 1 N–H and O–H groups in total. The average Bonchev–Trinajstić information content (AvgIpc) is 2.45. The van der Waals surface area contributed by atoms with E-state index in [2.05, 4.69) is 5.32 Å². The van der Waals surface area contributed by atoms with Crippen LogP contribution in [0.3, 0.4) is 0 Å². The summed E-state index contributed by atoms with van der Waals surface area (Å²) in [4.78, 5) is 23.7. The van der Waals surface area contributed by atoms with Gasteiger partial charge in [-0.15, -0.1) is 0 Å². The van der Waals surface area contributed by atoms with Crippen molar-refractivity contribution in [2.45, 2.75) is 13.8 Å². The first-order chi connectivity index (χ1) is 10.5. The van der Waals surface area contributed by atoms with E-state index >= 15 is 0 Å². The molecule has 0 unspecified atom stereocenters. The zero-order valence-electron chi connectivity index (χ0n) is 12.4. The van der Waals surface area contributed by atoms with Crippen LogP contribution in [0.1, 0.15) is 21.5 Å². The molecule has 0 aromatic heterocycles. The third-order valence-electron chi connectivity index (χ3n) is 3.04. The Hall–Kier alpha value is -2.33. The SMILES string of the molecule is Cc1ccc(C(=O)OCC(=O)Nc2cccc(Cl)c2)c(C)c1. The van der Waals surface area contributed by atoms with Crippen LogP contribution in [0.4, 0.5) is 5.69 Å². The van der Waals surface area contributed by atoms with E-state index in [1.54, 1.807) is 30.3 Å². The highest BCUT2D eigenvalue weighted by Crippen LogP contribution is 2.15. The molecule has 2 aromatic carbocycles. The van der Waals surface area contributed by atoms with Gasteiger partial charge < -0.3 is 10.1 Å². The lowest BCUT2D eigenvalue weighted by atomic mass is 10.1. The molecule has 5 heteroatoms. The molecule has 114 valence electrons. The van der Waals surface area contributed by atoms with Gasteiger partial charge in [0.05, 0.1) is 5.56 Å². The molecule has 1 amide bonds. The minimum Gasteiger partial charge on any atom is -0.452 e. The zero-order chi connectivity index (χ0) is 16.1. The summed E-state index contributed by atoms with van der Waals surface area (Å²) in [6.45, 7) is 3.43. The van der Waals surface area contributed by atoms with E-state index in [9.17, 15) is 9.59 Å². The fraction of sp³-hybridized carbons (Fsp3) is 0.176. The van der Waals surface area contributed by atoms with Crippen LogP contribution in [0.2, 0.25) is 5.02 Å². The van der Waals surface area contributed by atoms with Gasteiger partial charge in [-0.25, -0.2) is 4.79 Å². The van der Waals surface area contributed by atoms with Crippen molar-refractivity contribution in [1.82, 2.24) is 0 Å².